The highest BCUT2D eigenvalue weighted by Gasteiger charge is 2.17. The number of anilines is 1. The fourth-order valence-electron chi connectivity index (χ4n) is 2.83. The van der Waals surface area contributed by atoms with Crippen molar-refractivity contribution < 1.29 is 0 Å². The van der Waals surface area contributed by atoms with Crippen LogP contribution in [0.1, 0.15) is 18.2 Å². The topological polar surface area (TPSA) is 32.3 Å². The van der Waals surface area contributed by atoms with Crippen molar-refractivity contribution in [3.63, 3.8) is 0 Å². The molecule has 1 fully saturated rings. The normalized spacial score (nSPS) is 16.0. The Balaban J connectivity index is 1.45. The number of rotatable bonds is 5. The second-order valence-electron chi connectivity index (χ2n) is 5.78. The van der Waals surface area contributed by atoms with Gasteiger partial charge in [-0.1, -0.05) is 19.1 Å². The third kappa shape index (κ3) is 3.83. The van der Waals surface area contributed by atoms with Crippen LogP contribution < -0.4 is 4.90 Å². The zero-order chi connectivity index (χ0) is 15.2. The molecule has 0 amide bonds. The minimum atomic E-state index is 1.04. The summed E-state index contributed by atoms with van der Waals surface area (Å²) in [6.07, 6.45) is 5.97. The SMILES string of the molecule is CCc1ccc(CCN2CCN(c3ccccn3)CC2)nc1. The van der Waals surface area contributed by atoms with Gasteiger partial charge in [0.05, 0.1) is 0 Å². The first-order chi connectivity index (χ1) is 10.8. The molecule has 3 rings (SSSR count). The monoisotopic (exact) mass is 296 g/mol. The molecular formula is C18H24N4. The van der Waals surface area contributed by atoms with E-state index < -0.39 is 0 Å². The van der Waals surface area contributed by atoms with Crippen molar-refractivity contribution in [3.8, 4) is 0 Å². The summed E-state index contributed by atoms with van der Waals surface area (Å²) < 4.78 is 0. The summed E-state index contributed by atoms with van der Waals surface area (Å²) in [7, 11) is 0. The van der Waals surface area contributed by atoms with Crippen LogP contribution >= 0.6 is 0 Å². The van der Waals surface area contributed by atoms with Gasteiger partial charge >= 0.3 is 0 Å². The van der Waals surface area contributed by atoms with Gasteiger partial charge < -0.3 is 4.90 Å². The van der Waals surface area contributed by atoms with Gasteiger partial charge in [0.1, 0.15) is 5.82 Å². The molecule has 0 N–H and O–H groups in total. The zero-order valence-corrected chi connectivity index (χ0v) is 13.3. The van der Waals surface area contributed by atoms with Crippen LogP contribution in [0.3, 0.4) is 0 Å². The minimum absolute atomic E-state index is 1.04. The van der Waals surface area contributed by atoms with Crippen LogP contribution in [0.5, 0.6) is 0 Å². The third-order valence-electron chi connectivity index (χ3n) is 4.32. The van der Waals surface area contributed by atoms with Crippen LogP contribution in [0, 0.1) is 0 Å². The second kappa shape index (κ2) is 7.36. The van der Waals surface area contributed by atoms with Crippen LogP contribution in [0.15, 0.2) is 42.7 Å². The van der Waals surface area contributed by atoms with E-state index in [-0.39, 0.29) is 0 Å². The highest BCUT2D eigenvalue weighted by Crippen LogP contribution is 2.12. The Kier molecular flexibility index (Phi) is 5.01. The van der Waals surface area contributed by atoms with Gasteiger partial charge in [-0.15, -0.1) is 0 Å². The first-order valence-corrected chi connectivity index (χ1v) is 8.17. The molecular weight excluding hydrogens is 272 g/mol. The van der Waals surface area contributed by atoms with Gasteiger partial charge in [-0.25, -0.2) is 4.98 Å². The van der Waals surface area contributed by atoms with Crippen molar-refractivity contribution in [3.05, 3.63) is 54.0 Å². The van der Waals surface area contributed by atoms with E-state index in [2.05, 4.69) is 51.0 Å². The first-order valence-electron chi connectivity index (χ1n) is 8.17. The van der Waals surface area contributed by atoms with Crippen LogP contribution in [-0.4, -0.2) is 47.6 Å². The van der Waals surface area contributed by atoms with E-state index in [1.165, 1.54) is 11.3 Å². The largest absolute Gasteiger partial charge is 0.354 e. The molecule has 0 aromatic carbocycles. The lowest BCUT2D eigenvalue weighted by molar-refractivity contribution is 0.259. The van der Waals surface area contributed by atoms with Gasteiger partial charge in [0.15, 0.2) is 0 Å². The van der Waals surface area contributed by atoms with Crippen LogP contribution in [-0.2, 0) is 12.8 Å². The molecule has 0 atom stereocenters. The predicted molar refractivity (Wildman–Crippen MR) is 90.2 cm³/mol. The molecule has 1 aliphatic heterocycles. The maximum atomic E-state index is 4.55. The number of piperazine rings is 1. The Morgan fingerprint density at radius 1 is 1.00 bits per heavy atom. The maximum Gasteiger partial charge on any atom is 0.128 e. The van der Waals surface area contributed by atoms with E-state index in [9.17, 15) is 0 Å². The van der Waals surface area contributed by atoms with E-state index in [1.54, 1.807) is 0 Å². The quantitative estimate of drug-likeness (QED) is 0.848. The second-order valence-corrected chi connectivity index (χ2v) is 5.78. The molecule has 0 radical (unpaired) electrons. The lowest BCUT2D eigenvalue weighted by Crippen LogP contribution is -2.47. The van der Waals surface area contributed by atoms with Gasteiger partial charge in [0.2, 0.25) is 0 Å². The van der Waals surface area contributed by atoms with Crippen molar-refractivity contribution in [1.82, 2.24) is 14.9 Å². The third-order valence-corrected chi connectivity index (χ3v) is 4.32. The van der Waals surface area contributed by atoms with Crippen molar-refractivity contribution in [2.45, 2.75) is 19.8 Å². The van der Waals surface area contributed by atoms with Crippen LogP contribution in [0.4, 0.5) is 5.82 Å². The van der Waals surface area contributed by atoms with Crippen molar-refractivity contribution >= 4 is 5.82 Å². The number of aromatic nitrogens is 2. The molecule has 4 nitrogen and oxygen atoms in total. The van der Waals surface area contributed by atoms with Crippen molar-refractivity contribution in [2.24, 2.45) is 0 Å². The Labute approximate surface area is 132 Å². The molecule has 0 saturated carbocycles. The van der Waals surface area contributed by atoms with E-state index in [0.29, 0.717) is 0 Å². The van der Waals surface area contributed by atoms with Crippen LogP contribution in [0.2, 0.25) is 0 Å². The summed E-state index contributed by atoms with van der Waals surface area (Å²) in [4.78, 5) is 13.9. The van der Waals surface area contributed by atoms with Gasteiger partial charge in [0.25, 0.3) is 0 Å². The van der Waals surface area contributed by atoms with Gasteiger partial charge in [0, 0.05) is 57.2 Å². The van der Waals surface area contributed by atoms with E-state index in [1.807, 2.05) is 18.5 Å². The van der Waals surface area contributed by atoms with E-state index in [4.69, 9.17) is 0 Å². The first kappa shape index (κ1) is 15.0. The minimum Gasteiger partial charge on any atom is -0.354 e. The Bertz CT molecular complexity index is 559. The predicted octanol–water partition coefficient (Wildman–Crippen LogP) is 2.40. The van der Waals surface area contributed by atoms with Crippen LogP contribution in [0.25, 0.3) is 0 Å². The van der Waals surface area contributed by atoms with E-state index in [0.717, 1.165) is 51.4 Å². The molecule has 1 saturated heterocycles. The summed E-state index contributed by atoms with van der Waals surface area (Å²) in [5.74, 6) is 1.10. The molecule has 22 heavy (non-hydrogen) atoms. The highest BCUT2D eigenvalue weighted by molar-refractivity contribution is 5.38. The molecule has 0 spiro atoms. The maximum absolute atomic E-state index is 4.55. The Morgan fingerprint density at radius 2 is 1.86 bits per heavy atom. The standard InChI is InChI=1S/C18H24N4/c1-2-16-6-7-17(20-15-16)8-10-21-11-13-22(14-12-21)18-5-3-4-9-19-18/h3-7,9,15H,2,8,10-14H2,1H3. The Hall–Kier alpha value is -1.94. The zero-order valence-electron chi connectivity index (χ0n) is 13.3. The summed E-state index contributed by atoms with van der Waals surface area (Å²) in [5.41, 5.74) is 2.51. The number of nitrogens with zero attached hydrogens (tertiary/aromatic N) is 4. The average Bonchev–Trinajstić information content (AvgIpc) is 2.61. The smallest absolute Gasteiger partial charge is 0.128 e. The summed E-state index contributed by atoms with van der Waals surface area (Å²) in [6.45, 7) is 7.57. The van der Waals surface area contributed by atoms with Gasteiger partial charge in [-0.05, 0) is 30.2 Å². The molecule has 0 bridgehead atoms. The average molecular weight is 296 g/mol. The fraction of sp³-hybridized carbons (Fsp3) is 0.444. The molecule has 2 aromatic rings. The number of aryl methyl sites for hydroxylation is 1. The highest BCUT2D eigenvalue weighted by atomic mass is 15.3. The Morgan fingerprint density at radius 3 is 2.50 bits per heavy atom. The molecule has 3 heterocycles. The molecule has 0 aliphatic carbocycles. The van der Waals surface area contributed by atoms with Gasteiger partial charge in [-0.2, -0.15) is 0 Å². The van der Waals surface area contributed by atoms with E-state index >= 15 is 0 Å². The lowest BCUT2D eigenvalue weighted by atomic mass is 10.2. The molecule has 4 heteroatoms. The van der Waals surface area contributed by atoms with Crippen molar-refractivity contribution in [1.29, 1.82) is 0 Å². The lowest BCUT2D eigenvalue weighted by Gasteiger charge is -2.35. The fourth-order valence-corrected chi connectivity index (χ4v) is 2.83. The summed E-state index contributed by atoms with van der Waals surface area (Å²) in [6, 6.07) is 10.5. The molecule has 2 aromatic heterocycles. The number of pyridine rings is 2. The molecule has 116 valence electrons. The summed E-state index contributed by atoms with van der Waals surface area (Å²) >= 11 is 0. The molecule has 0 unspecified atom stereocenters. The van der Waals surface area contributed by atoms with Gasteiger partial charge in [-0.3, -0.25) is 9.88 Å². The summed E-state index contributed by atoms with van der Waals surface area (Å²) in [5, 5.41) is 0. The van der Waals surface area contributed by atoms with Crippen molar-refractivity contribution in [2.75, 3.05) is 37.6 Å². The number of hydrogen-bond donors (Lipinski definition) is 0. The number of hydrogen-bond acceptors (Lipinski definition) is 4. The molecule has 1 aliphatic rings.